The molecule has 4 nitrogen and oxygen atoms in total. The average molecular weight is 232 g/mol. The van der Waals surface area contributed by atoms with Gasteiger partial charge in [0.15, 0.2) is 17.3 Å². The highest BCUT2D eigenvalue weighted by Gasteiger charge is 2.17. The van der Waals surface area contributed by atoms with Crippen LogP contribution in [-0.4, -0.2) is 18.0 Å². The normalized spacial score (nSPS) is 16.9. The SMILES string of the molecule is COc1cc(C=C2OC(C)=CC2=O)ccc1O. The highest BCUT2D eigenvalue weighted by atomic mass is 16.5. The van der Waals surface area contributed by atoms with Gasteiger partial charge in [0.05, 0.1) is 7.11 Å². The van der Waals surface area contributed by atoms with E-state index in [0.717, 1.165) is 5.56 Å². The fourth-order valence-electron chi connectivity index (χ4n) is 1.54. The second kappa shape index (κ2) is 4.33. The van der Waals surface area contributed by atoms with Crippen LogP contribution in [0.15, 0.2) is 35.8 Å². The number of ether oxygens (including phenoxy) is 2. The summed E-state index contributed by atoms with van der Waals surface area (Å²) in [6, 6.07) is 4.81. The van der Waals surface area contributed by atoms with E-state index >= 15 is 0 Å². The number of rotatable bonds is 2. The fourth-order valence-corrected chi connectivity index (χ4v) is 1.54. The number of carbonyl (C=O) groups is 1. The Morgan fingerprint density at radius 2 is 2.18 bits per heavy atom. The Kier molecular flexibility index (Phi) is 2.87. The van der Waals surface area contributed by atoms with Crippen molar-refractivity contribution in [2.45, 2.75) is 6.92 Å². The minimum Gasteiger partial charge on any atom is -0.504 e. The smallest absolute Gasteiger partial charge is 0.224 e. The fraction of sp³-hybridized carbons (Fsp3) is 0.154. The van der Waals surface area contributed by atoms with Crippen LogP contribution in [0.4, 0.5) is 0 Å². The highest BCUT2D eigenvalue weighted by Crippen LogP contribution is 2.28. The second-order valence-electron chi connectivity index (χ2n) is 3.66. The van der Waals surface area contributed by atoms with Crippen molar-refractivity contribution in [2.24, 2.45) is 0 Å². The monoisotopic (exact) mass is 232 g/mol. The van der Waals surface area contributed by atoms with Crippen LogP contribution in [0, 0.1) is 0 Å². The molecule has 0 radical (unpaired) electrons. The molecule has 0 spiro atoms. The molecule has 1 aliphatic heterocycles. The molecule has 88 valence electrons. The van der Waals surface area contributed by atoms with Gasteiger partial charge in [0.1, 0.15) is 5.76 Å². The second-order valence-corrected chi connectivity index (χ2v) is 3.66. The molecule has 17 heavy (non-hydrogen) atoms. The van der Waals surface area contributed by atoms with E-state index in [1.54, 1.807) is 25.1 Å². The summed E-state index contributed by atoms with van der Waals surface area (Å²) >= 11 is 0. The Balaban J connectivity index is 2.31. The molecule has 0 unspecified atom stereocenters. The van der Waals surface area contributed by atoms with E-state index in [1.165, 1.54) is 19.3 Å². The van der Waals surface area contributed by atoms with Gasteiger partial charge in [-0.1, -0.05) is 6.07 Å². The van der Waals surface area contributed by atoms with Crippen LogP contribution in [0.1, 0.15) is 12.5 Å². The zero-order chi connectivity index (χ0) is 12.4. The molecule has 0 saturated carbocycles. The molecule has 1 aromatic rings. The van der Waals surface area contributed by atoms with E-state index in [2.05, 4.69) is 0 Å². The van der Waals surface area contributed by atoms with Crippen molar-refractivity contribution in [1.29, 1.82) is 0 Å². The zero-order valence-electron chi connectivity index (χ0n) is 9.56. The number of hydrogen-bond donors (Lipinski definition) is 1. The zero-order valence-corrected chi connectivity index (χ0v) is 9.56. The molecule has 4 heteroatoms. The molecule has 1 heterocycles. The number of phenols is 1. The van der Waals surface area contributed by atoms with Crippen molar-refractivity contribution in [3.05, 3.63) is 41.4 Å². The predicted molar refractivity (Wildman–Crippen MR) is 62.5 cm³/mol. The Morgan fingerprint density at radius 3 is 2.76 bits per heavy atom. The van der Waals surface area contributed by atoms with E-state index in [4.69, 9.17) is 9.47 Å². The van der Waals surface area contributed by atoms with Crippen molar-refractivity contribution in [3.63, 3.8) is 0 Å². The Labute approximate surface area is 98.8 Å². The lowest BCUT2D eigenvalue weighted by atomic mass is 10.1. The Morgan fingerprint density at radius 1 is 1.41 bits per heavy atom. The summed E-state index contributed by atoms with van der Waals surface area (Å²) in [6.07, 6.45) is 3.04. The number of phenolic OH excluding ortho intramolecular Hbond substituents is 1. The first kappa shape index (κ1) is 11.3. The van der Waals surface area contributed by atoms with E-state index in [9.17, 15) is 9.90 Å². The summed E-state index contributed by atoms with van der Waals surface area (Å²) in [5.41, 5.74) is 0.728. The minimum atomic E-state index is -0.158. The van der Waals surface area contributed by atoms with Crippen LogP contribution < -0.4 is 4.74 Å². The summed E-state index contributed by atoms with van der Waals surface area (Å²) in [5, 5.41) is 9.44. The lowest BCUT2D eigenvalue weighted by Crippen LogP contribution is -1.93. The van der Waals surface area contributed by atoms with Crippen LogP contribution in [0.5, 0.6) is 11.5 Å². The summed E-state index contributed by atoms with van der Waals surface area (Å²) in [5.74, 6) is 1.11. The molecule has 1 N–H and O–H groups in total. The topological polar surface area (TPSA) is 55.8 Å². The van der Waals surface area contributed by atoms with Gasteiger partial charge >= 0.3 is 0 Å². The number of methoxy groups -OCH3 is 1. The van der Waals surface area contributed by atoms with Gasteiger partial charge in [0, 0.05) is 6.08 Å². The first-order valence-corrected chi connectivity index (χ1v) is 5.09. The van der Waals surface area contributed by atoms with Gasteiger partial charge in [-0.05, 0) is 30.7 Å². The Bertz CT molecular complexity index is 526. The van der Waals surface area contributed by atoms with Crippen LogP contribution >= 0.6 is 0 Å². The van der Waals surface area contributed by atoms with Crippen molar-refractivity contribution >= 4 is 11.9 Å². The summed E-state index contributed by atoms with van der Waals surface area (Å²) in [7, 11) is 1.47. The highest BCUT2D eigenvalue weighted by molar-refractivity contribution is 6.07. The van der Waals surface area contributed by atoms with Gasteiger partial charge in [-0.25, -0.2) is 0 Å². The molecule has 0 fully saturated rings. The van der Waals surface area contributed by atoms with E-state index < -0.39 is 0 Å². The number of allylic oxidation sites excluding steroid dienone is 2. The van der Waals surface area contributed by atoms with Crippen molar-refractivity contribution in [3.8, 4) is 11.5 Å². The van der Waals surface area contributed by atoms with Crippen molar-refractivity contribution in [1.82, 2.24) is 0 Å². The largest absolute Gasteiger partial charge is 0.504 e. The maximum atomic E-state index is 11.5. The van der Waals surface area contributed by atoms with Crippen molar-refractivity contribution < 1.29 is 19.4 Å². The first-order chi connectivity index (χ1) is 8.10. The summed E-state index contributed by atoms with van der Waals surface area (Å²) in [4.78, 5) is 11.5. The third kappa shape index (κ3) is 2.30. The van der Waals surface area contributed by atoms with Gasteiger partial charge in [-0.15, -0.1) is 0 Å². The molecular weight excluding hydrogens is 220 g/mol. The lowest BCUT2D eigenvalue weighted by Gasteiger charge is -2.04. The molecule has 1 aliphatic rings. The molecule has 0 amide bonds. The molecule has 0 aromatic heterocycles. The minimum absolute atomic E-state index is 0.0580. The van der Waals surface area contributed by atoms with Gasteiger partial charge in [0.2, 0.25) is 5.78 Å². The van der Waals surface area contributed by atoms with E-state index in [0.29, 0.717) is 11.5 Å². The third-order valence-corrected chi connectivity index (χ3v) is 2.35. The molecule has 0 bridgehead atoms. The number of ketones is 1. The number of hydrogen-bond acceptors (Lipinski definition) is 4. The summed E-state index contributed by atoms with van der Waals surface area (Å²) < 4.78 is 10.2. The quantitative estimate of drug-likeness (QED) is 0.794. The summed E-state index contributed by atoms with van der Waals surface area (Å²) in [6.45, 7) is 1.72. The lowest BCUT2D eigenvalue weighted by molar-refractivity contribution is -0.112. The molecule has 2 rings (SSSR count). The van der Waals surface area contributed by atoms with Crippen LogP contribution in [-0.2, 0) is 9.53 Å². The number of aromatic hydroxyl groups is 1. The van der Waals surface area contributed by atoms with Crippen LogP contribution in [0.2, 0.25) is 0 Å². The molecule has 1 aromatic carbocycles. The first-order valence-electron chi connectivity index (χ1n) is 5.09. The van der Waals surface area contributed by atoms with Gasteiger partial charge in [-0.2, -0.15) is 0 Å². The standard InChI is InChI=1S/C13H12O4/c1-8-5-11(15)13(17-8)7-9-3-4-10(14)12(6-9)16-2/h3-7,14H,1-2H3. The molecule has 0 saturated heterocycles. The maximum Gasteiger partial charge on any atom is 0.224 e. The maximum absolute atomic E-state index is 11.5. The van der Waals surface area contributed by atoms with E-state index in [-0.39, 0.29) is 17.3 Å². The number of benzene rings is 1. The van der Waals surface area contributed by atoms with E-state index in [1.807, 2.05) is 0 Å². The molecular formula is C13H12O4. The van der Waals surface area contributed by atoms with Crippen LogP contribution in [0.25, 0.3) is 6.08 Å². The number of carbonyl (C=O) groups excluding carboxylic acids is 1. The third-order valence-electron chi connectivity index (χ3n) is 2.35. The average Bonchev–Trinajstić information content (AvgIpc) is 2.60. The van der Waals surface area contributed by atoms with Gasteiger partial charge in [-0.3, -0.25) is 4.79 Å². The van der Waals surface area contributed by atoms with Crippen molar-refractivity contribution in [2.75, 3.05) is 7.11 Å². The molecule has 0 atom stereocenters. The molecule has 0 aliphatic carbocycles. The van der Waals surface area contributed by atoms with Gasteiger partial charge in [0.25, 0.3) is 0 Å². The van der Waals surface area contributed by atoms with Gasteiger partial charge < -0.3 is 14.6 Å². The van der Waals surface area contributed by atoms with Crippen LogP contribution in [0.3, 0.4) is 0 Å². The predicted octanol–water partition coefficient (Wildman–Crippen LogP) is 2.24. The Hall–Kier alpha value is -2.23.